The van der Waals surface area contributed by atoms with Crippen molar-refractivity contribution in [2.75, 3.05) is 21.3 Å². The fraction of sp³-hybridized carbons (Fsp3) is 0.208. The van der Waals surface area contributed by atoms with Gasteiger partial charge in [-0.1, -0.05) is 0 Å². The molecule has 0 aliphatic carbocycles. The predicted octanol–water partition coefficient (Wildman–Crippen LogP) is 4.21. The van der Waals surface area contributed by atoms with Crippen LogP contribution >= 0.6 is 0 Å². The summed E-state index contributed by atoms with van der Waals surface area (Å²) in [6, 6.07) is 24.9. The molecule has 3 aromatic carbocycles. The van der Waals surface area contributed by atoms with Crippen molar-refractivity contribution in [1.29, 1.82) is 0 Å². The number of methoxy groups -OCH3 is 3. The normalized spacial score (nSPS) is 10.2. The van der Waals surface area contributed by atoms with Crippen molar-refractivity contribution in [3.8, 4) is 17.2 Å². The summed E-state index contributed by atoms with van der Waals surface area (Å²) in [5, 5.41) is 13.9. The van der Waals surface area contributed by atoms with Gasteiger partial charge < -0.3 is 10.2 Å². The standard InChI is InChI=1S/3C7H7O.CHF3.CH2O3.CH3.Sb/c3*1-8-7-5-3-2-4-6-7;2*2-1(3)4;;/h3*2-5H,1H3;1H;(H2,2,3,4);1H3;. The maximum absolute atomic E-state index is 9.67. The van der Waals surface area contributed by atoms with E-state index < -0.39 is 31.6 Å². The van der Waals surface area contributed by atoms with Gasteiger partial charge in [-0.25, -0.2) is 4.79 Å². The third kappa shape index (κ3) is 7.76. The second-order valence-corrected chi connectivity index (χ2v) is 16.4. The summed E-state index contributed by atoms with van der Waals surface area (Å²) in [5.74, 6) is 2.74. The molecule has 0 bridgehead atoms. The van der Waals surface area contributed by atoms with Crippen LogP contribution in [-0.4, -0.2) is 63.2 Å². The molecule has 0 spiro atoms. The molecule has 0 saturated heterocycles. The van der Waals surface area contributed by atoms with Crippen LogP contribution in [0.1, 0.15) is 0 Å². The number of rotatable bonds is 6. The van der Waals surface area contributed by atoms with E-state index >= 15 is 0 Å². The van der Waals surface area contributed by atoms with Crippen LogP contribution in [0.5, 0.6) is 17.2 Å². The van der Waals surface area contributed by atoms with Gasteiger partial charge in [0, 0.05) is 0 Å². The summed E-state index contributed by atoms with van der Waals surface area (Å²) in [4.78, 5) is 10.9. The SMILES string of the molecule is COc1cccc[c]1[Sb]([CH3])([c]1ccccc1OC)[c]1ccccc1OC.FC(F)F.O=C(O)O. The Balaban J connectivity index is 0.000000629. The monoisotopic (exact) mass is 589 g/mol. The van der Waals surface area contributed by atoms with Crippen LogP contribution in [0.4, 0.5) is 18.0 Å². The van der Waals surface area contributed by atoms with Crippen molar-refractivity contribution in [3.63, 3.8) is 0 Å². The molecule has 3 rings (SSSR count). The third-order valence-electron chi connectivity index (χ3n) is 4.70. The first kappa shape index (κ1) is 29.0. The van der Waals surface area contributed by atoms with Crippen LogP contribution in [0.3, 0.4) is 0 Å². The minimum absolute atomic E-state index is 0.915. The van der Waals surface area contributed by atoms with Crippen LogP contribution in [0.15, 0.2) is 72.8 Å². The average Bonchev–Trinajstić information content (AvgIpc) is 2.82. The summed E-state index contributed by atoms with van der Waals surface area (Å²) in [6.07, 6.45) is -1.83. The number of carbonyl (C=O) groups is 1. The zero-order valence-electron chi connectivity index (χ0n) is 19.1. The number of para-hydroxylation sites is 3. The Hall–Kier alpha value is -3.06. The zero-order valence-corrected chi connectivity index (χ0v) is 21.7. The molecule has 1 radical (unpaired) electrons. The Bertz CT molecular complexity index is 926. The van der Waals surface area contributed by atoms with Gasteiger partial charge in [0.1, 0.15) is 0 Å². The Kier molecular flexibility index (Phi) is 12.1. The largest absolute Gasteiger partial charge is 0.503 e. The van der Waals surface area contributed by atoms with E-state index in [0.29, 0.717) is 0 Å². The second kappa shape index (κ2) is 14.3. The van der Waals surface area contributed by atoms with E-state index in [1.54, 1.807) is 21.3 Å². The van der Waals surface area contributed by atoms with E-state index in [2.05, 4.69) is 41.3 Å². The molecule has 6 nitrogen and oxygen atoms in total. The first-order valence-corrected chi connectivity index (χ1v) is 16.1. The summed E-state index contributed by atoms with van der Waals surface area (Å²) < 4.78 is 50.0. The maximum Gasteiger partial charge on any atom is 0.503 e. The number of ether oxygens (including phenoxy) is 3. The molecule has 0 atom stereocenters. The van der Waals surface area contributed by atoms with Gasteiger partial charge in [-0.3, -0.25) is 0 Å². The molecule has 0 aromatic heterocycles. The number of hydrogen-bond donors (Lipinski definition) is 2. The van der Waals surface area contributed by atoms with Gasteiger partial charge in [0.05, 0.1) is 0 Å². The molecule has 2 N–H and O–H groups in total. The Morgan fingerprint density at radius 1 is 0.676 bits per heavy atom. The molecule has 0 amide bonds. The van der Waals surface area contributed by atoms with E-state index in [1.807, 2.05) is 36.4 Å². The summed E-state index contributed by atoms with van der Waals surface area (Å²) in [7, 11) is 5.19. The number of alkyl halides is 3. The van der Waals surface area contributed by atoms with Gasteiger partial charge in [0.15, 0.2) is 0 Å². The second-order valence-electron chi connectivity index (χ2n) is 6.55. The number of halogens is 3. The quantitative estimate of drug-likeness (QED) is 0.419. The molecule has 185 valence electrons. The van der Waals surface area contributed by atoms with E-state index in [0.717, 1.165) is 17.2 Å². The fourth-order valence-corrected chi connectivity index (χ4v) is 14.1. The molecule has 0 aliphatic rings. The Morgan fingerprint density at radius 2 is 0.882 bits per heavy atom. The molecule has 0 saturated carbocycles. The van der Waals surface area contributed by atoms with Crippen molar-refractivity contribution in [1.82, 2.24) is 0 Å². The van der Waals surface area contributed by atoms with Crippen molar-refractivity contribution in [3.05, 3.63) is 72.8 Å². The molecule has 0 aliphatic heterocycles. The molecule has 0 unspecified atom stereocenters. The van der Waals surface area contributed by atoms with Gasteiger partial charge in [0.2, 0.25) is 0 Å². The van der Waals surface area contributed by atoms with E-state index in [4.69, 9.17) is 29.2 Å². The third-order valence-corrected chi connectivity index (χ3v) is 16.1. The molecule has 3 aromatic rings. The van der Waals surface area contributed by atoms with Crippen LogP contribution < -0.4 is 24.7 Å². The van der Waals surface area contributed by atoms with Crippen molar-refractivity contribution in [2.24, 2.45) is 0 Å². The Morgan fingerprint density at radius 3 is 1.09 bits per heavy atom. The smallest absolute Gasteiger partial charge is 0.450 e. The molecular formula is C24H27F3O6Sb. The van der Waals surface area contributed by atoms with Gasteiger partial charge in [-0.2, -0.15) is 13.2 Å². The number of benzene rings is 3. The number of carboxylic acid groups (broad SMARTS) is 2. The van der Waals surface area contributed by atoms with E-state index in [9.17, 15) is 13.2 Å². The maximum atomic E-state index is 9.67. The first-order valence-electron chi connectivity index (χ1n) is 9.74. The topological polar surface area (TPSA) is 85.2 Å². The summed E-state index contributed by atoms with van der Waals surface area (Å²) >= 11 is -3.30. The van der Waals surface area contributed by atoms with Gasteiger partial charge >= 0.3 is 173 Å². The molecule has 0 fully saturated rings. The molecular weight excluding hydrogens is 563 g/mol. The van der Waals surface area contributed by atoms with Crippen LogP contribution in [0.2, 0.25) is 4.87 Å². The van der Waals surface area contributed by atoms with E-state index in [1.165, 1.54) is 10.5 Å². The first-order chi connectivity index (χ1) is 16.1. The van der Waals surface area contributed by atoms with Crippen molar-refractivity contribution in [2.45, 2.75) is 11.5 Å². The number of hydrogen-bond acceptors (Lipinski definition) is 4. The fourth-order valence-electron chi connectivity index (χ4n) is 3.39. The van der Waals surface area contributed by atoms with E-state index in [-0.39, 0.29) is 0 Å². The molecule has 34 heavy (non-hydrogen) atoms. The zero-order chi connectivity index (χ0) is 25.7. The summed E-state index contributed by atoms with van der Waals surface area (Å²) in [6.45, 7) is -3.67. The molecule has 0 heterocycles. The average molecular weight is 590 g/mol. The van der Waals surface area contributed by atoms with Gasteiger partial charge in [0.25, 0.3) is 0 Å². The van der Waals surface area contributed by atoms with Crippen LogP contribution in [-0.2, 0) is 0 Å². The molecule has 10 heteroatoms. The van der Waals surface area contributed by atoms with Crippen molar-refractivity contribution < 1.29 is 42.4 Å². The van der Waals surface area contributed by atoms with Crippen LogP contribution in [0, 0.1) is 0 Å². The Labute approximate surface area is 200 Å². The minimum Gasteiger partial charge on any atom is -0.450 e. The predicted molar refractivity (Wildman–Crippen MR) is 127 cm³/mol. The van der Waals surface area contributed by atoms with Crippen LogP contribution in [0.25, 0.3) is 0 Å². The van der Waals surface area contributed by atoms with Gasteiger partial charge in [-0.05, 0) is 0 Å². The summed E-state index contributed by atoms with van der Waals surface area (Å²) in [5.41, 5.74) is 0. The van der Waals surface area contributed by atoms with Crippen molar-refractivity contribution >= 4 is 35.5 Å². The minimum atomic E-state index is -3.67. The van der Waals surface area contributed by atoms with Gasteiger partial charge in [-0.15, -0.1) is 0 Å².